The number of carbonyl (C=O) groups is 1. The Morgan fingerprint density at radius 1 is 0.431 bits per heavy atom. The van der Waals surface area contributed by atoms with Crippen LogP contribution in [0.5, 0.6) is 0 Å². The van der Waals surface area contributed by atoms with Crippen molar-refractivity contribution in [3.05, 3.63) is 0 Å². The first-order chi connectivity index (χ1) is 34.1. The number of aliphatic hydroxyl groups excluding tert-OH is 16. The van der Waals surface area contributed by atoms with E-state index in [2.05, 4.69) is 5.32 Å². The Balaban J connectivity index is 1.34. The van der Waals surface area contributed by atoms with Crippen molar-refractivity contribution in [2.45, 2.75) is 211 Å². The number of nitrogens with one attached hydrogen (secondary N) is 1. The van der Waals surface area contributed by atoms with E-state index in [1.165, 1.54) is 13.8 Å². The van der Waals surface area contributed by atoms with Gasteiger partial charge in [0.2, 0.25) is 5.91 Å². The lowest BCUT2D eigenvalue weighted by Gasteiger charge is -2.52. The molecule has 6 aliphatic rings. The van der Waals surface area contributed by atoms with Gasteiger partial charge in [-0.05, 0) is 26.8 Å². The second-order valence-electron chi connectivity index (χ2n) is 18.5. The SMILES string of the molecule is CC(=O)N[C@H]1[C@H](O[C@H]2[C@@H](O)[C@@H](CO)O[C@@H](O[C@H]3[C@H](O)[C@@H](O)[C@H](OCCCN)O[C@@H]3CO)[C@@H]2O)O[C@H](CO)[C@@H](O[C@@H]2O[C@H](CO)[C@H](O)[C@H](O)[C@H]2O[C@@H]2O[C@@H](C)[C@@H](O)[C@@H](O)[C@@H]2O)[C@@H]1O[C@@H]1O[C@@H](C)[C@@H](O)[C@@H](O)[C@@H]1O. The van der Waals surface area contributed by atoms with Crippen molar-refractivity contribution in [1.29, 1.82) is 0 Å². The average Bonchev–Trinajstić information content (AvgIpc) is 3.35. The molecule has 0 unspecified atom stereocenters. The summed E-state index contributed by atoms with van der Waals surface area (Å²) in [5.41, 5.74) is 5.50. The van der Waals surface area contributed by atoms with Crippen molar-refractivity contribution in [3.63, 3.8) is 0 Å². The van der Waals surface area contributed by atoms with Gasteiger partial charge in [0.1, 0.15) is 134 Å². The summed E-state index contributed by atoms with van der Waals surface area (Å²) >= 11 is 0. The Morgan fingerprint density at radius 3 is 1.39 bits per heavy atom. The summed E-state index contributed by atoms with van der Waals surface area (Å²) in [6.45, 7) is 0.00125. The third-order valence-corrected chi connectivity index (χ3v) is 13.4. The minimum absolute atomic E-state index is 0.00441. The maximum atomic E-state index is 13.1. The first kappa shape index (κ1) is 59.6. The minimum Gasteiger partial charge on any atom is -0.394 e. The summed E-state index contributed by atoms with van der Waals surface area (Å²) in [5, 5.41) is 176. The van der Waals surface area contributed by atoms with Crippen LogP contribution in [0.3, 0.4) is 0 Å². The Bertz CT molecular complexity index is 1670. The van der Waals surface area contributed by atoms with E-state index in [4.69, 9.17) is 62.6 Å². The molecule has 19 N–H and O–H groups in total. The highest BCUT2D eigenvalue weighted by atomic mass is 16.8. The molecule has 0 radical (unpaired) electrons. The molecule has 1 amide bonds. The summed E-state index contributed by atoms with van der Waals surface area (Å²) in [6, 6.07) is -1.83. The van der Waals surface area contributed by atoms with E-state index in [0.717, 1.165) is 6.92 Å². The molecule has 6 fully saturated rings. The van der Waals surface area contributed by atoms with E-state index in [0.29, 0.717) is 6.42 Å². The first-order valence-electron chi connectivity index (χ1n) is 23.5. The normalized spacial score (nSPS) is 50.4. The number of amides is 1. The molecule has 0 spiro atoms. The number of aliphatic hydroxyl groups is 16. The van der Waals surface area contributed by atoms with E-state index in [1.807, 2.05) is 0 Å². The predicted molar refractivity (Wildman–Crippen MR) is 225 cm³/mol. The van der Waals surface area contributed by atoms with Crippen LogP contribution in [0.2, 0.25) is 0 Å². The van der Waals surface area contributed by atoms with Crippen LogP contribution in [0, 0.1) is 0 Å². The molecule has 0 bridgehead atoms. The van der Waals surface area contributed by atoms with Gasteiger partial charge in [-0.1, -0.05) is 0 Å². The summed E-state index contributed by atoms with van der Waals surface area (Å²) < 4.78 is 70.4. The van der Waals surface area contributed by atoms with Crippen molar-refractivity contribution in [2.24, 2.45) is 5.73 Å². The second-order valence-corrected chi connectivity index (χ2v) is 18.5. The third-order valence-electron chi connectivity index (χ3n) is 13.4. The highest BCUT2D eigenvalue weighted by molar-refractivity contribution is 5.73. The lowest BCUT2D eigenvalue weighted by atomic mass is 9.93. The molecule has 0 aliphatic carbocycles. The van der Waals surface area contributed by atoms with Crippen LogP contribution < -0.4 is 11.1 Å². The van der Waals surface area contributed by atoms with Crippen molar-refractivity contribution < 1.29 is 143 Å². The van der Waals surface area contributed by atoms with Crippen LogP contribution in [0.1, 0.15) is 27.2 Å². The van der Waals surface area contributed by atoms with Gasteiger partial charge in [0.15, 0.2) is 37.7 Å². The lowest BCUT2D eigenvalue weighted by molar-refractivity contribution is -0.401. The van der Waals surface area contributed by atoms with Crippen molar-refractivity contribution in [2.75, 3.05) is 39.6 Å². The molecule has 0 aromatic carbocycles. The van der Waals surface area contributed by atoms with Gasteiger partial charge in [0, 0.05) is 6.92 Å². The zero-order valence-corrected chi connectivity index (χ0v) is 39.3. The summed E-state index contributed by atoms with van der Waals surface area (Å²) in [5.74, 6) is -0.874. The monoisotopic (exact) mass is 1060 g/mol. The number of ether oxygens (including phenoxy) is 12. The molecular formula is C41H72N2O29. The molecule has 6 aliphatic heterocycles. The van der Waals surface area contributed by atoms with Crippen molar-refractivity contribution in [3.8, 4) is 0 Å². The fourth-order valence-electron chi connectivity index (χ4n) is 9.18. The second kappa shape index (κ2) is 26.1. The fourth-order valence-corrected chi connectivity index (χ4v) is 9.18. The van der Waals surface area contributed by atoms with E-state index >= 15 is 0 Å². The number of nitrogens with two attached hydrogens (primary N) is 1. The number of hydrogen-bond donors (Lipinski definition) is 18. The van der Waals surface area contributed by atoms with Gasteiger partial charge in [-0.3, -0.25) is 4.79 Å². The molecule has 0 aromatic rings. The van der Waals surface area contributed by atoms with Crippen LogP contribution in [0.15, 0.2) is 0 Å². The fraction of sp³-hybridized carbons (Fsp3) is 0.976. The maximum absolute atomic E-state index is 13.1. The summed E-state index contributed by atoms with van der Waals surface area (Å²) in [4.78, 5) is 13.1. The van der Waals surface area contributed by atoms with Gasteiger partial charge in [-0.15, -0.1) is 0 Å². The molecule has 6 heterocycles. The largest absolute Gasteiger partial charge is 0.394 e. The zero-order chi connectivity index (χ0) is 53.0. The molecule has 30 atom stereocenters. The van der Waals surface area contributed by atoms with Crippen LogP contribution in [-0.2, 0) is 61.6 Å². The van der Waals surface area contributed by atoms with Gasteiger partial charge in [-0.25, -0.2) is 0 Å². The van der Waals surface area contributed by atoms with E-state index in [-0.39, 0.29) is 13.2 Å². The first-order valence-corrected chi connectivity index (χ1v) is 23.5. The van der Waals surface area contributed by atoms with Gasteiger partial charge in [0.05, 0.1) is 45.2 Å². The zero-order valence-electron chi connectivity index (χ0n) is 39.3. The summed E-state index contributed by atoms with van der Waals surface area (Å²) in [6.07, 6.45) is -52.4. The maximum Gasteiger partial charge on any atom is 0.217 e. The van der Waals surface area contributed by atoms with Gasteiger partial charge in [0.25, 0.3) is 0 Å². The Kier molecular flexibility index (Phi) is 21.6. The molecule has 31 heteroatoms. The van der Waals surface area contributed by atoms with Gasteiger partial charge < -0.3 is 150 Å². The standard InChI is InChI=1S/C41H72N2O29/c1-11-19(49)23(53)27(57)38(62-11)70-33-18(43-13(3)48)36(71-34-22(52)15(8-45)64-40(30(34)60)68-31-16(9-46)67-37(29(59)26(31)56)61-6-4-5-42)66-17(10-47)32(33)69-41-35(25(55)21(51)14(7-44)65-41)72-39-28(58)24(54)20(50)12(2)63-39/h11-12,14-41,44-47,49-60H,4-10,42H2,1-3H3,(H,43,48)/t11-,12-,14+,15+,16+,17+,18+,19+,20+,21-,22-,23+,24+,25-,26+,27-,28-,29+,30+,31+,32+,33+,34-,35+,36-,37+,38-,39-,40-,41-/m0/s1. The molecule has 72 heavy (non-hydrogen) atoms. The topological polar surface area (TPSA) is 490 Å². The van der Waals surface area contributed by atoms with Crippen molar-refractivity contribution >= 4 is 5.91 Å². The van der Waals surface area contributed by atoms with Crippen LogP contribution >= 0.6 is 0 Å². The quantitative estimate of drug-likeness (QED) is 0.0534. The smallest absolute Gasteiger partial charge is 0.217 e. The molecule has 31 nitrogen and oxygen atoms in total. The highest BCUT2D eigenvalue weighted by Gasteiger charge is 2.59. The minimum atomic E-state index is -2.16. The highest BCUT2D eigenvalue weighted by Crippen LogP contribution is 2.38. The Morgan fingerprint density at radius 2 is 0.847 bits per heavy atom. The molecular weight excluding hydrogens is 984 g/mol. The van der Waals surface area contributed by atoms with Crippen molar-refractivity contribution in [1.82, 2.24) is 5.32 Å². The van der Waals surface area contributed by atoms with Crippen LogP contribution in [-0.4, -0.2) is 311 Å². The lowest BCUT2D eigenvalue weighted by Crippen LogP contribution is -2.71. The Hall–Kier alpha value is -1.69. The molecule has 0 saturated carbocycles. The van der Waals surface area contributed by atoms with E-state index in [1.54, 1.807) is 0 Å². The van der Waals surface area contributed by atoms with Gasteiger partial charge in [-0.2, -0.15) is 0 Å². The molecule has 420 valence electrons. The Labute approximate surface area is 410 Å². The number of rotatable bonds is 19. The molecule has 0 aromatic heterocycles. The predicted octanol–water partition coefficient (Wildman–Crippen LogP) is -11.5. The molecule has 6 rings (SSSR count). The van der Waals surface area contributed by atoms with Crippen LogP contribution in [0.4, 0.5) is 0 Å². The summed E-state index contributed by atoms with van der Waals surface area (Å²) in [7, 11) is 0. The third kappa shape index (κ3) is 12.8. The average molecular weight is 1060 g/mol. The number of carbonyl (C=O) groups excluding carboxylic acids is 1. The molecule has 6 saturated heterocycles. The van der Waals surface area contributed by atoms with E-state index < -0.39 is 217 Å². The van der Waals surface area contributed by atoms with Gasteiger partial charge >= 0.3 is 0 Å². The van der Waals surface area contributed by atoms with E-state index in [9.17, 15) is 86.5 Å². The number of hydrogen-bond acceptors (Lipinski definition) is 30. The van der Waals surface area contributed by atoms with Crippen LogP contribution in [0.25, 0.3) is 0 Å².